The lowest BCUT2D eigenvalue weighted by Crippen LogP contribution is -2.51. The molecule has 0 radical (unpaired) electrons. The van der Waals surface area contributed by atoms with Crippen LogP contribution in [0.25, 0.3) is 0 Å². The molecular weight excluding hydrogens is 190 g/mol. The monoisotopic (exact) mass is 213 g/mol. The number of carbonyl (C=O) groups excluding carboxylic acids is 1. The fourth-order valence-electron chi connectivity index (χ4n) is 1.99. The molecule has 0 bridgehead atoms. The van der Waals surface area contributed by atoms with Crippen molar-refractivity contribution in [2.75, 3.05) is 20.1 Å². The lowest BCUT2D eigenvalue weighted by atomic mass is 10.0. The maximum Gasteiger partial charge on any atom is 0.318 e. The molecule has 88 valence electrons. The number of hydrogen-bond acceptors (Lipinski definition) is 2. The lowest BCUT2D eigenvalue weighted by Gasteiger charge is -2.34. The summed E-state index contributed by atoms with van der Waals surface area (Å²) in [5.74, 6) is 0.490. The van der Waals surface area contributed by atoms with E-state index in [1.807, 2.05) is 11.9 Å². The Morgan fingerprint density at radius 3 is 2.60 bits per heavy atom. The van der Waals surface area contributed by atoms with Crippen LogP contribution in [0.15, 0.2) is 0 Å². The highest BCUT2D eigenvalue weighted by molar-refractivity contribution is 5.77. The van der Waals surface area contributed by atoms with Gasteiger partial charge in [-0.25, -0.2) is 4.79 Å². The third kappa shape index (κ3) is 2.62. The Morgan fingerprint density at radius 1 is 1.60 bits per heavy atom. The second-order valence-corrected chi connectivity index (χ2v) is 5.25. The first-order valence-corrected chi connectivity index (χ1v) is 5.61. The molecule has 0 aromatic carbocycles. The fourth-order valence-corrected chi connectivity index (χ4v) is 1.99. The van der Waals surface area contributed by atoms with Gasteiger partial charge in [-0.3, -0.25) is 0 Å². The summed E-state index contributed by atoms with van der Waals surface area (Å²) in [6, 6.07) is 0.350. The van der Waals surface area contributed by atoms with E-state index in [1.165, 1.54) is 0 Å². The number of amides is 2. The summed E-state index contributed by atoms with van der Waals surface area (Å²) in [7, 11) is 1.91. The summed E-state index contributed by atoms with van der Waals surface area (Å²) in [5.41, 5.74) is -0.123. The first kappa shape index (κ1) is 12.3. The van der Waals surface area contributed by atoms with Gasteiger partial charge in [-0.1, -0.05) is 13.8 Å². The number of hydrogen-bond donors (Lipinski definition) is 2. The molecule has 1 aliphatic rings. The van der Waals surface area contributed by atoms with Gasteiger partial charge in [0.1, 0.15) is 0 Å². The minimum atomic E-state index is -0.123. The molecule has 1 rings (SSSR count). The van der Waals surface area contributed by atoms with Gasteiger partial charge in [0.25, 0.3) is 0 Å². The number of likely N-dealkylation sites (N-methyl/N-ethyl adjacent to an activating group) is 1. The fraction of sp³-hybridized carbons (Fsp3) is 0.909. The minimum absolute atomic E-state index is 0.0638. The van der Waals surface area contributed by atoms with Crippen LogP contribution in [-0.2, 0) is 0 Å². The molecule has 1 aliphatic heterocycles. The van der Waals surface area contributed by atoms with Gasteiger partial charge in [0.05, 0.1) is 11.6 Å². The van der Waals surface area contributed by atoms with Gasteiger partial charge in [-0.05, 0) is 26.8 Å². The molecule has 2 amide bonds. The summed E-state index contributed by atoms with van der Waals surface area (Å²) in [6.07, 6.45) is 0. The summed E-state index contributed by atoms with van der Waals surface area (Å²) >= 11 is 0. The minimum Gasteiger partial charge on any atom is -0.333 e. The molecule has 1 heterocycles. The van der Waals surface area contributed by atoms with Gasteiger partial charge < -0.3 is 15.5 Å². The molecule has 1 atom stereocenters. The van der Waals surface area contributed by atoms with Crippen molar-refractivity contribution >= 4 is 6.03 Å². The van der Waals surface area contributed by atoms with Crippen molar-refractivity contribution in [3.63, 3.8) is 0 Å². The third-order valence-corrected chi connectivity index (χ3v) is 3.08. The zero-order valence-electron chi connectivity index (χ0n) is 10.4. The van der Waals surface area contributed by atoms with Gasteiger partial charge in [0, 0.05) is 13.1 Å². The molecule has 1 fully saturated rings. The standard InChI is InChI=1S/C11H23N3O/c1-8(2)9-6-14(10(15)13-9)11(3,4)7-12-5/h8-9,12H,6-7H2,1-5H3,(H,13,15). The number of nitrogens with zero attached hydrogens (tertiary/aromatic N) is 1. The summed E-state index contributed by atoms with van der Waals surface area (Å²) < 4.78 is 0. The van der Waals surface area contributed by atoms with Crippen LogP contribution in [-0.4, -0.2) is 42.6 Å². The van der Waals surface area contributed by atoms with E-state index in [4.69, 9.17) is 0 Å². The molecule has 1 unspecified atom stereocenters. The number of rotatable bonds is 4. The van der Waals surface area contributed by atoms with Gasteiger partial charge in [-0.2, -0.15) is 0 Å². The molecule has 0 aromatic heterocycles. The Hall–Kier alpha value is -0.770. The van der Waals surface area contributed by atoms with Crippen LogP contribution in [0.1, 0.15) is 27.7 Å². The SMILES string of the molecule is CNCC(C)(C)N1CC(C(C)C)NC1=O. The highest BCUT2D eigenvalue weighted by atomic mass is 16.2. The first-order valence-electron chi connectivity index (χ1n) is 5.61. The van der Waals surface area contributed by atoms with Crippen LogP contribution in [0.5, 0.6) is 0 Å². The average molecular weight is 213 g/mol. The Kier molecular flexibility index (Phi) is 3.60. The van der Waals surface area contributed by atoms with Crippen LogP contribution in [0.4, 0.5) is 4.79 Å². The Morgan fingerprint density at radius 2 is 2.20 bits per heavy atom. The number of nitrogens with one attached hydrogen (secondary N) is 2. The second kappa shape index (κ2) is 4.39. The smallest absolute Gasteiger partial charge is 0.318 e. The third-order valence-electron chi connectivity index (χ3n) is 3.08. The van der Waals surface area contributed by atoms with E-state index >= 15 is 0 Å². The average Bonchev–Trinajstić information content (AvgIpc) is 2.47. The molecule has 1 saturated heterocycles. The highest BCUT2D eigenvalue weighted by Gasteiger charge is 2.38. The van der Waals surface area contributed by atoms with Gasteiger partial charge in [0.2, 0.25) is 0 Å². The largest absolute Gasteiger partial charge is 0.333 e. The van der Waals surface area contributed by atoms with Gasteiger partial charge in [0.15, 0.2) is 0 Å². The van der Waals surface area contributed by atoms with Crippen LogP contribution in [0, 0.1) is 5.92 Å². The highest BCUT2D eigenvalue weighted by Crippen LogP contribution is 2.21. The molecule has 0 aliphatic carbocycles. The van der Waals surface area contributed by atoms with Crippen molar-refractivity contribution in [1.29, 1.82) is 0 Å². The molecule has 0 saturated carbocycles. The van der Waals surface area contributed by atoms with Crippen molar-refractivity contribution in [2.45, 2.75) is 39.3 Å². The van der Waals surface area contributed by atoms with Crippen molar-refractivity contribution < 1.29 is 4.79 Å². The Bertz CT molecular complexity index is 238. The summed E-state index contributed by atoms with van der Waals surface area (Å²) in [5, 5.41) is 6.15. The summed E-state index contributed by atoms with van der Waals surface area (Å²) in [6.45, 7) is 10.1. The second-order valence-electron chi connectivity index (χ2n) is 5.25. The van der Waals surface area contributed by atoms with E-state index in [0.29, 0.717) is 5.92 Å². The Labute approximate surface area is 92.4 Å². The van der Waals surface area contributed by atoms with Crippen LogP contribution in [0.2, 0.25) is 0 Å². The van der Waals surface area contributed by atoms with Crippen molar-refractivity contribution in [2.24, 2.45) is 5.92 Å². The van der Waals surface area contributed by atoms with E-state index in [-0.39, 0.29) is 17.6 Å². The van der Waals surface area contributed by atoms with E-state index < -0.39 is 0 Å². The summed E-state index contributed by atoms with van der Waals surface area (Å²) in [4.78, 5) is 13.7. The Balaban J connectivity index is 2.68. The number of urea groups is 1. The quantitative estimate of drug-likeness (QED) is 0.732. The van der Waals surface area contributed by atoms with Gasteiger partial charge >= 0.3 is 6.03 Å². The van der Waals surface area contributed by atoms with Gasteiger partial charge in [-0.15, -0.1) is 0 Å². The molecule has 2 N–H and O–H groups in total. The molecular formula is C11H23N3O. The molecule has 0 spiro atoms. The van der Waals surface area contributed by atoms with E-state index in [1.54, 1.807) is 0 Å². The molecule has 0 aromatic rings. The predicted octanol–water partition coefficient (Wildman–Crippen LogP) is 1.03. The maximum atomic E-state index is 11.8. The van der Waals surface area contributed by atoms with Crippen LogP contribution >= 0.6 is 0 Å². The normalized spacial score (nSPS) is 22.4. The van der Waals surface area contributed by atoms with Crippen molar-refractivity contribution in [1.82, 2.24) is 15.5 Å². The van der Waals surface area contributed by atoms with Crippen molar-refractivity contribution in [3.8, 4) is 0 Å². The zero-order valence-corrected chi connectivity index (χ0v) is 10.4. The molecule has 15 heavy (non-hydrogen) atoms. The maximum absolute atomic E-state index is 11.8. The van der Waals surface area contributed by atoms with Crippen LogP contribution < -0.4 is 10.6 Å². The molecule has 4 heteroatoms. The lowest BCUT2D eigenvalue weighted by molar-refractivity contribution is 0.156. The van der Waals surface area contributed by atoms with Crippen LogP contribution in [0.3, 0.4) is 0 Å². The first-order chi connectivity index (χ1) is 6.88. The topological polar surface area (TPSA) is 44.4 Å². The number of carbonyl (C=O) groups is 1. The zero-order chi connectivity index (χ0) is 11.6. The van der Waals surface area contributed by atoms with E-state index in [9.17, 15) is 4.79 Å². The molecule has 4 nitrogen and oxygen atoms in total. The van der Waals surface area contributed by atoms with Crippen molar-refractivity contribution in [3.05, 3.63) is 0 Å². The van der Waals surface area contributed by atoms with E-state index in [0.717, 1.165) is 13.1 Å². The van der Waals surface area contributed by atoms with E-state index in [2.05, 4.69) is 38.3 Å². The predicted molar refractivity (Wildman–Crippen MR) is 61.9 cm³/mol.